The molecule has 1 aromatic rings. The minimum Gasteiger partial charge on any atom is -0.375 e. The van der Waals surface area contributed by atoms with Gasteiger partial charge in [-0.1, -0.05) is 36.8 Å². The van der Waals surface area contributed by atoms with Gasteiger partial charge < -0.3 is 9.64 Å². The van der Waals surface area contributed by atoms with Gasteiger partial charge in [-0.2, -0.15) is 0 Å². The van der Waals surface area contributed by atoms with Gasteiger partial charge in [0.05, 0.1) is 6.10 Å². The number of ether oxygens (including phenoxy) is 1. The third-order valence-corrected chi connectivity index (χ3v) is 4.18. The summed E-state index contributed by atoms with van der Waals surface area (Å²) in [6.07, 6.45) is 7.37. The Morgan fingerprint density at radius 3 is 2.48 bits per heavy atom. The second-order valence-corrected chi connectivity index (χ2v) is 5.68. The van der Waals surface area contributed by atoms with Crippen LogP contribution in [0.2, 0.25) is 0 Å². The number of methoxy groups -OCH3 is 1. The zero-order valence-corrected chi connectivity index (χ0v) is 13.0. The van der Waals surface area contributed by atoms with Crippen LogP contribution in [0.4, 0.5) is 0 Å². The van der Waals surface area contributed by atoms with E-state index in [1.54, 1.807) is 7.11 Å². The lowest BCUT2D eigenvalue weighted by Crippen LogP contribution is -2.34. The van der Waals surface area contributed by atoms with E-state index in [2.05, 4.69) is 4.90 Å². The Labute approximate surface area is 128 Å². The van der Waals surface area contributed by atoms with Crippen LogP contribution in [0.25, 0.3) is 0 Å². The fourth-order valence-electron chi connectivity index (χ4n) is 2.80. The number of nitrogens with zero attached hydrogens (tertiary/aromatic N) is 1. The van der Waals surface area contributed by atoms with Crippen molar-refractivity contribution in [3.05, 3.63) is 42.0 Å². The van der Waals surface area contributed by atoms with Crippen LogP contribution in [-0.2, 0) is 4.74 Å². The number of likely N-dealkylation sites (tertiary alicyclic amines) is 1. The Bertz CT molecular complexity index is 410. The van der Waals surface area contributed by atoms with Crippen LogP contribution in [0.1, 0.15) is 48.9 Å². The second-order valence-electron chi connectivity index (χ2n) is 5.68. The molecular weight excluding hydrogens is 262 g/mol. The fraction of sp³-hybridized carbons (Fsp3) is 0.556. The number of unbranched alkanes of at least 4 members (excludes halogenated alkanes) is 2. The van der Waals surface area contributed by atoms with Gasteiger partial charge >= 0.3 is 0 Å². The van der Waals surface area contributed by atoms with E-state index in [-0.39, 0.29) is 5.78 Å². The molecule has 0 aromatic heterocycles. The van der Waals surface area contributed by atoms with Crippen molar-refractivity contribution in [2.75, 3.05) is 26.7 Å². The smallest absolute Gasteiger partial charge is 0.162 e. The SMILES string of the molecule is CO[C]1CCN(CCCCCC(=O)c2ccccc2)CC1. The predicted molar refractivity (Wildman–Crippen MR) is 85.2 cm³/mol. The van der Waals surface area contributed by atoms with Crippen molar-refractivity contribution >= 4 is 5.78 Å². The third-order valence-electron chi connectivity index (χ3n) is 4.18. The zero-order valence-electron chi connectivity index (χ0n) is 13.0. The first-order valence-electron chi connectivity index (χ1n) is 7.99. The maximum absolute atomic E-state index is 12.0. The number of carbonyl (C=O) groups excluding carboxylic acids is 1. The molecule has 0 aliphatic carbocycles. The predicted octanol–water partition coefficient (Wildman–Crippen LogP) is 3.70. The van der Waals surface area contributed by atoms with Gasteiger partial charge in [-0.05, 0) is 32.2 Å². The molecule has 21 heavy (non-hydrogen) atoms. The standard InChI is InChI=1S/C18H26NO2/c1-21-17-11-14-19(15-12-17)13-7-3-6-10-18(20)16-8-4-2-5-9-16/h2,4-5,8-9H,3,6-7,10-15H2,1H3. The maximum Gasteiger partial charge on any atom is 0.162 e. The molecule has 1 aromatic carbocycles. The highest BCUT2D eigenvalue weighted by Gasteiger charge is 2.18. The van der Waals surface area contributed by atoms with Crippen LogP contribution >= 0.6 is 0 Å². The van der Waals surface area contributed by atoms with Crippen molar-refractivity contribution in [1.82, 2.24) is 4.90 Å². The van der Waals surface area contributed by atoms with Crippen molar-refractivity contribution in [2.24, 2.45) is 0 Å². The van der Waals surface area contributed by atoms with Gasteiger partial charge in [-0.3, -0.25) is 4.79 Å². The number of hydrogen-bond donors (Lipinski definition) is 0. The van der Waals surface area contributed by atoms with Crippen molar-refractivity contribution in [3.63, 3.8) is 0 Å². The molecule has 1 aliphatic heterocycles. The molecule has 1 aliphatic rings. The van der Waals surface area contributed by atoms with Crippen molar-refractivity contribution < 1.29 is 9.53 Å². The molecule has 3 nitrogen and oxygen atoms in total. The Balaban J connectivity index is 1.53. The number of hydrogen-bond acceptors (Lipinski definition) is 3. The topological polar surface area (TPSA) is 29.5 Å². The molecule has 0 bridgehead atoms. The highest BCUT2D eigenvalue weighted by atomic mass is 16.5. The number of piperidine rings is 1. The summed E-state index contributed by atoms with van der Waals surface area (Å²) in [7, 11) is 1.77. The quantitative estimate of drug-likeness (QED) is 0.539. The Kier molecular flexibility index (Phi) is 6.90. The van der Waals surface area contributed by atoms with Gasteiger partial charge in [0.2, 0.25) is 0 Å². The molecule has 0 unspecified atom stereocenters. The van der Waals surface area contributed by atoms with Gasteiger partial charge in [-0.25, -0.2) is 0 Å². The van der Waals surface area contributed by atoms with E-state index in [0.29, 0.717) is 6.42 Å². The molecule has 0 N–H and O–H groups in total. The van der Waals surface area contributed by atoms with Crippen LogP contribution in [0.3, 0.4) is 0 Å². The Hall–Kier alpha value is -1.19. The second kappa shape index (κ2) is 8.96. The monoisotopic (exact) mass is 288 g/mol. The lowest BCUT2D eigenvalue weighted by molar-refractivity contribution is 0.0977. The maximum atomic E-state index is 12.0. The van der Waals surface area contributed by atoms with Crippen molar-refractivity contribution in [2.45, 2.75) is 38.5 Å². The summed E-state index contributed by atoms with van der Waals surface area (Å²) in [5, 5.41) is 0. The first kappa shape index (κ1) is 16.2. The molecule has 1 heterocycles. The molecule has 1 radical (unpaired) electrons. The molecule has 1 saturated heterocycles. The zero-order chi connectivity index (χ0) is 14.9. The summed E-state index contributed by atoms with van der Waals surface area (Å²) in [6, 6.07) is 9.60. The Morgan fingerprint density at radius 1 is 1.10 bits per heavy atom. The van der Waals surface area contributed by atoms with Gasteiger partial charge in [0.1, 0.15) is 0 Å². The number of benzene rings is 1. The highest BCUT2D eigenvalue weighted by Crippen LogP contribution is 2.19. The van der Waals surface area contributed by atoms with E-state index in [1.807, 2.05) is 30.3 Å². The van der Waals surface area contributed by atoms with E-state index in [1.165, 1.54) is 12.5 Å². The Morgan fingerprint density at radius 2 is 1.81 bits per heavy atom. The average Bonchev–Trinajstić information content (AvgIpc) is 2.55. The normalized spacial score (nSPS) is 17.0. The van der Waals surface area contributed by atoms with Gasteiger partial charge in [0, 0.05) is 32.2 Å². The highest BCUT2D eigenvalue weighted by molar-refractivity contribution is 5.95. The minimum atomic E-state index is 0.271. The van der Waals surface area contributed by atoms with E-state index >= 15 is 0 Å². The number of Topliss-reactive ketones (excluding diaryl/α,β-unsaturated/α-hetero) is 1. The minimum absolute atomic E-state index is 0.271. The first-order chi connectivity index (χ1) is 10.3. The van der Waals surface area contributed by atoms with E-state index in [9.17, 15) is 4.79 Å². The lowest BCUT2D eigenvalue weighted by Gasteiger charge is -2.30. The molecular formula is C18H26NO2. The fourth-order valence-corrected chi connectivity index (χ4v) is 2.80. The molecule has 115 valence electrons. The molecule has 2 rings (SSSR count). The molecule has 0 saturated carbocycles. The van der Waals surface area contributed by atoms with Crippen molar-refractivity contribution in [3.8, 4) is 0 Å². The average molecular weight is 288 g/mol. The number of rotatable bonds is 8. The number of carbonyl (C=O) groups is 1. The number of ketones is 1. The van der Waals surface area contributed by atoms with E-state index < -0.39 is 0 Å². The molecule has 0 amide bonds. The van der Waals surface area contributed by atoms with Crippen LogP contribution in [0, 0.1) is 6.10 Å². The van der Waals surface area contributed by atoms with Crippen molar-refractivity contribution in [1.29, 1.82) is 0 Å². The van der Waals surface area contributed by atoms with Crippen LogP contribution in [-0.4, -0.2) is 37.4 Å². The third kappa shape index (κ3) is 5.60. The first-order valence-corrected chi connectivity index (χ1v) is 7.99. The summed E-state index contributed by atoms with van der Waals surface area (Å²) in [6.45, 7) is 3.38. The lowest BCUT2D eigenvalue weighted by atomic mass is 10.0. The summed E-state index contributed by atoms with van der Waals surface area (Å²) in [4.78, 5) is 14.5. The van der Waals surface area contributed by atoms with Gasteiger partial charge in [0.15, 0.2) is 5.78 Å². The van der Waals surface area contributed by atoms with Crippen LogP contribution in [0.15, 0.2) is 30.3 Å². The molecule has 0 atom stereocenters. The molecule has 1 fully saturated rings. The summed E-state index contributed by atoms with van der Waals surface area (Å²) >= 11 is 0. The van der Waals surface area contributed by atoms with E-state index in [0.717, 1.165) is 50.9 Å². The largest absolute Gasteiger partial charge is 0.375 e. The van der Waals surface area contributed by atoms with Crippen LogP contribution in [0.5, 0.6) is 0 Å². The van der Waals surface area contributed by atoms with Gasteiger partial charge in [0.25, 0.3) is 0 Å². The van der Waals surface area contributed by atoms with Crippen LogP contribution < -0.4 is 0 Å². The summed E-state index contributed by atoms with van der Waals surface area (Å²) < 4.78 is 5.30. The molecule has 0 spiro atoms. The molecule has 3 heteroatoms. The van der Waals surface area contributed by atoms with Gasteiger partial charge in [-0.15, -0.1) is 0 Å². The summed E-state index contributed by atoms with van der Waals surface area (Å²) in [5.74, 6) is 0.271. The van der Waals surface area contributed by atoms with E-state index in [4.69, 9.17) is 4.74 Å². The summed E-state index contributed by atoms with van der Waals surface area (Å²) in [5.41, 5.74) is 0.844.